The largest absolute Gasteiger partial charge is 0.444 e. The van der Waals surface area contributed by atoms with E-state index in [1.54, 1.807) is 13.4 Å². The van der Waals surface area contributed by atoms with Crippen molar-refractivity contribution >= 4 is 11.6 Å². The van der Waals surface area contributed by atoms with Crippen LogP contribution >= 0.6 is 11.6 Å². The van der Waals surface area contributed by atoms with E-state index in [2.05, 4.69) is 9.88 Å². The maximum absolute atomic E-state index is 6.02. The number of rotatable bonds is 5. The predicted molar refractivity (Wildman–Crippen MR) is 90.2 cm³/mol. The van der Waals surface area contributed by atoms with Crippen molar-refractivity contribution in [2.24, 2.45) is 5.73 Å². The second kappa shape index (κ2) is 7.45. The Kier molecular flexibility index (Phi) is 5.33. The van der Waals surface area contributed by atoms with E-state index in [-0.39, 0.29) is 0 Å². The Labute approximate surface area is 141 Å². The van der Waals surface area contributed by atoms with Crippen molar-refractivity contribution < 1.29 is 9.15 Å². The number of halogens is 1. The second-order valence-corrected chi connectivity index (χ2v) is 6.33. The van der Waals surface area contributed by atoms with Crippen LogP contribution in [-0.4, -0.2) is 42.2 Å². The van der Waals surface area contributed by atoms with Gasteiger partial charge in [-0.25, -0.2) is 4.98 Å². The minimum absolute atomic E-state index is 0.305. The van der Waals surface area contributed by atoms with Gasteiger partial charge in [0.25, 0.3) is 0 Å². The van der Waals surface area contributed by atoms with Crippen molar-refractivity contribution in [1.82, 2.24) is 9.88 Å². The van der Waals surface area contributed by atoms with Gasteiger partial charge in [0.05, 0.1) is 11.8 Å². The topological polar surface area (TPSA) is 64.5 Å². The molecule has 6 heteroatoms. The van der Waals surface area contributed by atoms with Crippen molar-refractivity contribution in [3.8, 4) is 11.5 Å². The Morgan fingerprint density at radius 1 is 1.48 bits per heavy atom. The molecule has 2 unspecified atom stereocenters. The number of hydrogen-bond donors (Lipinski definition) is 1. The molecule has 2 aromatic rings. The van der Waals surface area contributed by atoms with Gasteiger partial charge in [-0.2, -0.15) is 0 Å². The van der Waals surface area contributed by atoms with E-state index in [0.29, 0.717) is 29.6 Å². The summed E-state index contributed by atoms with van der Waals surface area (Å²) in [5.41, 5.74) is 7.72. The Hall–Kier alpha value is -1.40. The van der Waals surface area contributed by atoms with E-state index in [0.717, 1.165) is 37.2 Å². The fraction of sp³-hybridized carbons (Fsp3) is 0.471. The summed E-state index contributed by atoms with van der Waals surface area (Å²) in [6.07, 6.45) is 4.00. The maximum atomic E-state index is 6.02. The molecule has 124 valence electrons. The van der Waals surface area contributed by atoms with Crippen LogP contribution in [0.25, 0.3) is 11.5 Å². The number of methoxy groups -OCH3 is 1. The zero-order valence-corrected chi connectivity index (χ0v) is 14.0. The zero-order chi connectivity index (χ0) is 16.2. The first kappa shape index (κ1) is 16.5. The molecule has 23 heavy (non-hydrogen) atoms. The van der Waals surface area contributed by atoms with Gasteiger partial charge in [0.15, 0.2) is 0 Å². The van der Waals surface area contributed by atoms with Crippen LogP contribution < -0.4 is 5.73 Å². The average Bonchev–Trinajstić information content (AvgIpc) is 3.04. The smallest absolute Gasteiger partial charge is 0.226 e. The van der Waals surface area contributed by atoms with Crippen LogP contribution in [0.1, 0.15) is 18.5 Å². The number of benzene rings is 1. The summed E-state index contributed by atoms with van der Waals surface area (Å²) in [4.78, 5) is 6.94. The van der Waals surface area contributed by atoms with E-state index in [4.69, 9.17) is 26.5 Å². The summed E-state index contributed by atoms with van der Waals surface area (Å²) in [6.45, 7) is 2.32. The van der Waals surface area contributed by atoms with Crippen molar-refractivity contribution in [1.29, 1.82) is 0 Å². The number of nitrogens with zero attached hydrogens (tertiary/aromatic N) is 2. The van der Waals surface area contributed by atoms with Crippen molar-refractivity contribution in [2.45, 2.75) is 31.5 Å². The normalized spacial score (nSPS) is 22.4. The summed E-state index contributed by atoms with van der Waals surface area (Å²) in [5.74, 6) is 0.596. The third kappa shape index (κ3) is 3.93. The highest BCUT2D eigenvalue weighted by Gasteiger charge is 2.28. The SMILES string of the molecule is COC1CCN(Cc2coc(-c3cccc(Cl)c3)n2)C(CN)C1. The lowest BCUT2D eigenvalue weighted by Gasteiger charge is -2.37. The standard InChI is InChI=1S/C17H22ClN3O2/c1-22-16-5-6-21(15(8-16)9-19)10-14-11-23-17(20-14)12-3-2-4-13(18)7-12/h2-4,7,11,15-16H,5-6,8-10,19H2,1H3. The summed E-state index contributed by atoms with van der Waals surface area (Å²) < 4.78 is 11.1. The number of nitrogens with two attached hydrogens (primary N) is 1. The molecule has 1 fully saturated rings. The van der Waals surface area contributed by atoms with Gasteiger partial charge in [0, 0.05) is 43.4 Å². The van der Waals surface area contributed by atoms with Crippen LogP contribution in [0.15, 0.2) is 34.9 Å². The summed E-state index contributed by atoms with van der Waals surface area (Å²) in [5, 5.41) is 0.673. The van der Waals surface area contributed by atoms with Gasteiger partial charge in [0.2, 0.25) is 5.89 Å². The Bertz CT molecular complexity index is 646. The van der Waals surface area contributed by atoms with E-state index < -0.39 is 0 Å². The fourth-order valence-electron chi connectivity index (χ4n) is 3.07. The van der Waals surface area contributed by atoms with Gasteiger partial charge in [-0.15, -0.1) is 0 Å². The molecule has 0 spiro atoms. The van der Waals surface area contributed by atoms with Crippen LogP contribution in [-0.2, 0) is 11.3 Å². The number of ether oxygens (including phenoxy) is 1. The summed E-state index contributed by atoms with van der Waals surface area (Å²) in [7, 11) is 1.77. The quantitative estimate of drug-likeness (QED) is 0.910. The fourth-order valence-corrected chi connectivity index (χ4v) is 3.26. The Morgan fingerprint density at radius 3 is 3.09 bits per heavy atom. The lowest BCUT2D eigenvalue weighted by molar-refractivity contribution is 0.00978. The zero-order valence-electron chi connectivity index (χ0n) is 13.2. The average molecular weight is 336 g/mol. The molecule has 2 atom stereocenters. The van der Waals surface area contributed by atoms with Gasteiger partial charge >= 0.3 is 0 Å². The van der Waals surface area contributed by atoms with Gasteiger partial charge < -0.3 is 14.9 Å². The number of hydrogen-bond acceptors (Lipinski definition) is 5. The molecule has 1 saturated heterocycles. The third-order valence-corrected chi connectivity index (χ3v) is 4.62. The van der Waals surface area contributed by atoms with Crippen LogP contribution in [0.3, 0.4) is 0 Å². The van der Waals surface area contributed by atoms with Crippen LogP contribution in [0.5, 0.6) is 0 Å². The van der Waals surface area contributed by atoms with E-state index >= 15 is 0 Å². The van der Waals surface area contributed by atoms with Crippen LogP contribution in [0.2, 0.25) is 5.02 Å². The second-order valence-electron chi connectivity index (χ2n) is 5.90. The molecule has 1 aliphatic rings. The lowest BCUT2D eigenvalue weighted by atomic mass is 9.99. The predicted octanol–water partition coefficient (Wildman–Crippen LogP) is 2.93. The number of oxazole rings is 1. The molecule has 0 saturated carbocycles. The van der Waals surface area contributed by atoms with Gasteiger partial charge in [-0.3, -0.25) is 4.90 Å². The minimum atomic E-state index is 0.305. The van der Waals surface area contributed by atoms with Gasteiger partial charge in [-0.1, -0.05) is 17.7 Å². The van der Waals surface area contributed by atoms with Crippen molar-refractivity contribution in [3.63, 3.8) is 0 Å². The molecular weight excluding hydrogens is 314 g/mol. The van der Waals surface area contributed by atoms with Gasteiger partial charge in [-0.05, 0) is 31.0 Å². The molecule has 0 aliphatic carbocycles. The monoisotopic (exact) mass is 335 g/mol. The molecule has 1 aromatic carbocycles. The van der Waals surface area contributed by atoms with E-state index in [1.165, 1.54) is 0 Å². The van der Waals surface area contributed by atoms with E-state index in [9.17, 15) is 0 Å². The van der Waals surface area contributed by atoms with Gasteiger partial charge in [0.1, 0.15) is 6.26 Å². The molecule has 2 heterocycles. The number of piperidine rings is 1. The molecule has 3 rings (SSSR count). The highest BCUT2D eigenvalue weighted by molar-refractivity contribution is 6.30. The highest BCUT2D eigenvalue weighted by atomic mass is 35.5. The van der Waals surface area contributed by atoms with Crippen LogP contribution in [0, 0.1) is 0 Å². The highest BCUT2D eigenvalue weighted by Crippen LogP contribution is 2.24. The lowest BCUT2D eigenvalue weighted by Crippen LogP contribution is -2.48. The molecular formula is C17H22ClN3O2. The molecule has 0 radical (unpaired) electrons. The Balaban J connectivity index is 1.69. The van der Waals surface area contributed by atoms with Crippen molar-refractivity contribution in [2.75, 3.05) is 20.2 Å². The number of aromatic nitrogens is 1. The summed E-state index contributed by atoms with van der Waals surface area (Å²) >= 11 is 6.02. The first-order valence-corrected chi connectivity index (χ1v) is 8.24. The Morgan fingerprint density at radius 2 is 2.35 bits per heavy atom. The van der Waals surface area contributed by atoms with Crippen LogP contribution in [0.4, 0.5) is 0 Å². The molecule has 0 amide bonds. The first-order valence-electron chi connectivity index (χ1n) is 7.87. The number of likely N-dealkylation sites (tertiary alicyclic amines) is 1. The first-order chi connectivity index (χ1) is 11.2. The molecule has 0 bridgehead atoms. The molecule has 5 nitrogen and oxygen atoms in total. The molecule has 1 aliphatic heterocycles. The summed E-state index contributed by atoms with van der Waals surface area (Å²) in [6, 6.07) is 7.83. The van der Waals surface area contributed by atoms with E-state index in [1.807, 2.05) is 24.3 Å². The maximum Gasteiger partial charge on any atom is 0.226 e. The molecule has 1 aromatic heterocycles. The minimum Gasteiger partial charge on any atom is -0.444 e. The van der Waals surface area contributed by atoms with Crippen molar-refractivity contribution in [3.05, 3.63) is 41.2 Å². The third-order valence-electron chi connectivity index (χ3n) is 4.38. The molecule has 2 N–H and O–H groups in total.